The molecule has 2 heterocycles. The van der Waals surface area contributed by atoms with E-state index in [-0.39, 0.29) is 18.8 Å². The maximum absolute atomic E-state index is 13.3. The molecule has 2 aromatic heterocycles. The standard InChI is InChI=1S/C22H34N8O5S/c1-12(2)18(22(34)35)30-21(33)17(7-14-9-25-11-27-14)29-20(32)16(6-13-8-24-10-26-13)28-19(31)15(23)4-5-36-3/h8-12,15-18H,4-7,23H2,1-3H3,(H,24,26)(H,25,27)(H,28,31)(H,29,32)(H,30,33)(H,34,35). The van der Waals surface area contributed by atoms with E-state index in [9.17, 15) is 24.3 Å². The van der Waals surface area contributed by atoms with Crippen LogP contribution in [0.1, 0.15) is 31.7 Å². The van der Waals surface area contributed by atoms with Crippen molar-refractivity contribution in [3.05, 3.63) is 36.4 Å². The van der Waals surface area contributed by atoms with Gasteiger partial charge in [-0.15, -0.1) is 0 Å². The zero-order valence-corrected chi connectivity index (χ0v) is 21.3. The maximum atomic E-state index is 13.3. The molecule has 0 spiro atoms. The van der Waals surface area contributed by atoms with Crippen LogP contribution in [0, 0.1) is 5.92 Å². The molecule has 3 amide bonds. The first-order valence-corrected chi connectivity index (χ1v) is 12.8. The molecule has 0 radical (unpaired) electrons. The van der Waals surface area contributed by atoms with E-state index in [1.54, 1.807) is 25.6 Å². The third kappa shape index (κ3) is 9.00. The Kier molecular flexibility index (Phi) is 11.4. The van der Waals surface area contributed by atoms with Crippen LogP contribution in [-0.4, -0.2) is 84.9 Å². The second-order valence-electron chi connectivity index (χ2n) is 8.64. The number of carboxylic acids is 1. The first kappa shape index (κ1) is 28.8. The number of hydrogen-bond acceptors (Lipinski definition) is 8. The number of H-pyrrole nitrogens is 2. The fourth-order valence-electron chi connectivity index (χ4n) is 3.35. The van der Waals surface area contributed by atoms with Gasteiger partial charge >= 0.3 is 5.97 Å². The molecule has 0 fully saturated rings. The number of thioether (sulfide) groups is 1. The van der Waals surface area contributed by atoms with Gasteiger partial charge in [0.2, 0.25) is 17.7 Å². The van der Waals surface area contributed by atoms with Crippen LogP contribution in [0.15, 0.2) is 25.0 Å². The van der Waals surface area contributed by atoms with Crippen LogP contribution in [0.2, 0.25) is 0 Å². The number of rotatable bonds is 15. The summed E-state index contributed by atoms with van der Waals surface area (Å²) in [5.74, 6) is -2.70. The molecule has 198 valence electrons. The van der Waals surface area contributed by atoms with Crippen molar-refractivity contribution in [2.45, 2.75) is 57.3 Å². The predicted octanol–water partition coefficient (Wildman–Crippen LogP) is -0.807. The van der Waals surface area contributed by atoms with Crippen molar-refractivity contribution >= 4 is 35.5 Å². The van der Waals surface area contributed by atoms with Gasteiger partial charge in [0.25, 0.3) is 0 Å². The Hall–Kier alpha value is -3.39. The first-order valence-electron chi connectivity index (χ1n) is 11.4. The van der Waals surface area contributed by atoms with Gasteiger partial charge in [-0.05, 0) is 24.3 Å². The molecule has 0 aliphatic carbocycles. The van der Waals surface area contributed by atoms with Crippen molar-refractivity contribution in [3.8, 4) is 0 Å². The summed E-state index contributed by atoms with van der Waals surface area (Å²) in [4.78, 5) is 64.2. The lowest BCUT2D eigenvalue weighted by Crippen LogP contribution is -2.58. The highest BCUT2D eigenvalue weighted by molar-refractivity contribution is 7.98. The zero-order valence-electron chi connectivity index (χ0n) is 20.5. The molecule has 0 saturated heterocycles. The van der Waals surface area contributed by atoms with Gasteiger partial charge in [0, 0.05) is 36.6 Å². The quantitative estimate of drug-likeness (QED) is 0.156. The highest BCUT2D eigenvalue weighted by Crippen LogP contribution is 2.07. The van der Waals surface area contributed by atoms with Gasteiger partial charge in [-0.2, -0.15) is 11.8 Å². The summed E-state index contributed by atoms with van der Waals surface area (Å²) in [6, 6.07) is -4.14. The minimum Gasteiger partial charge on any atom is -0.480 e. The van der Waals surface area contributed by atoms with E-state index < -0.39 is 47.9 Å². The number of nitrogens with zero attached hydrogens (tertiary/aromatic N) is 2. The van der Waals surface area contributed by atoms with E-state index in [1.807, 2.05) is 6.26 Å². The van der Waals surface area contributed by atoms with Crippen molar-refractivity contribution in [1.29, 1.82) is 0 Å². The zero-order chi connectivity index (χ0) is 26.7. The Balaban J connectivity index is 2.22. The molecule has 0 aromatic carbocycles. The lowest BCUT2D eigenvalue weighted by Gasteiger charge is -2.25. The number of amides is 3. The number of carbonyl (C=O) groups is 4. The van der Waals surface area contributed by atoms with Crippen molar-refractivity contribution in [2.24, 2.45) is 11.7 Å². The van der Waals surface area contributed by atoms with Crippen molar-refractivity contribution in [3.63, 3.8) is 0 Å². The number of carboxylic acid groups (broad SMARTS) is 1. The summed E-state index contributed by atoms with van der Waals surface area (Å²) in [7, 11) is 0. The third-order valence-electron chi connectivity index (χ3n) is 5.42. The van der Waals surface area contributed by atoms with Crippen LogP contribution in [0.4, 0.5) is 0 Å². The Labute approximate surface area is 213 Å². The number of hydrogen-bond donors (Lipinski definition) is 7. The van der Waals surface area contributed by atoms with E-state index in [0.717, 1.165) is 0 Å². The molecule has 0 aliphatic rings. The topological polar surface area (TPSA) is 208 Å². The Bertz CT molecular complexity index is 983. The summed E-state index contributed by atoms with van der Waals surface area (Å²) in [6.45, 7) is 3.33. The lowest BCUT2D eigenvalue weighted by atomic mass is 10.0. The summed E-state index contributed by atoms with van der Waals surface area (Å²) >= 11 is 1.55. The summed E-state index contributed by atoms with van der Waals surface area (Å²) in [5, 5.41) is 17.3. The van der Waals surface area contributed by atoms with Gasteiger partial charge in [0.15, 0.2) is 0 Å². The van der Waals surface area contributed by atoms with E-state index in [0.29, 0.717) is 23.6 Å². The Morgan fingerprint density at radius 3 is 1.86 bits per heavy atom. The Morgan fingerprint density at radius 2 is 1.44 bits per heavy atom. The van der Waals surface area contributed by atoms with Gasteiger partial charge in [-0.1, -0.05) is 13.8 Å². The monoisotopic (exact) mass is 522 g/mol. The molecule has 0 saturated carbocycles. The molecule has 4 atom stereocenters. The first-order chi connectivity index (χ1) is 17.1. The van der Waals surface area contributed by atoms with Gasteiger partial charge in [0.1, 0.15) is 18.1 Å². The van der Waals surface area contributed by atoms with Gasteiger partial charge < -0.3 is 36.8 Å². The molecule has 14 heteroatoms. The average molecular weight is 523 g/mol. The number of aliphatic carboxylic acids is 1. The Morgan fingerprint density at radius 1 is 0.944 bits per heavy atom. The van der Waals surface area contributed by atoms with Crippen molar-refractivity contribution in [2.75, 3.05) is 12.0 Å². The van der Waals surface area contributed by atoms with Gasteiger partial charge in [0.05, 0.1) is 18.7 Å². The molecular formula is C22H34N8O5S. The number of nitrogens with two attached hydrogens (primary N) is 1. The highest BCUT2D eigenvalue weighted by Gasteiger charge is 2.32. The number of aromatic nitrogens is 4. The second kappa shape index (κ2) is 14.2. The van der Waals surface area contributed by atoms with Gasteiger partial charge in [-0.25, -0.2) is 14.8 Å². The van der Waals surface area contributed by atoms with Crippen LogP contribution in [0.3, 0.4) is 0 Å². The maximum Gasteiger partial charge on any atom is 0.326 e. The minimum absolute atomic E-state index is 0.0277. The third-order valence-corrected chi connectivity index (χ3v) is 6.07. The summed E-state index contributed by atoms with van der Waals surface area (Å²) in [5.41, 5.74) is 7.12. The molecule has 4 unspecified atom stereocenters. The molecule has 0 bridgehead atoms. The van der Waals surface area contributed by atoms with Crippen LogP contribution in [-0.2, 0) is 32.0 Å². The largest absolute Gasteiger partial charge is 0.480 e. The molecule has 0 aliphatic heterocycles. The highest BCUT2D eigenvalue weighted by atomic mass is 32.2. The molecule has 36 heavy (non-hydrogen) atoms. The molecular weight excluding hydrogens is 488 g/mol. The van der Waals surface area contributed by atoms with Crippen LogP contribution < -0.4 is 21.7 Å². The molecule has 8 N–H and O–H groups in total. The summed E-state index contributed by atoms with van der Waals surface area (Å²) in [6.07, 6.45) is 8.34. The smallest absolute Gasteiger partial charge is 0.326 e. The van der Waals surface area contributed by atoms with Crippen LogP contribution in [0.5, 0.6) is 0 Å². The van der Waals surface area contributed by atoms with E-state index in [4.69, 9.17) is 5.73 Å². The minimum atomic E-state index is -1.19. The van der Waals surface area contributed by atoms with Crippen molar-refractivity contribution < 1.29 is 24.3 Å². The average Bonchev–Trinajstić information content (AvgIpc) is 3.53. The number of carbonyl (C=O) groups excluding carboxylic acids is 3. The van der Waals surface area contributed by atoms with E-state index >= 15 is 0 Å². The SMILES string of the molecule is CSCCC(N)C(=O)NC(Cc1cnc[nH]1)C(=O)NC(Cc1cnc[nH]1)C(=O)NC(C(=O)O)C(C)C. The van der Waals surface area contributed by atoms with Gasteiger partial charge in [-0.3, -0.25) is 14.4 Å². The van der Waals surface area contributed by atoms with E-state index in [2.05, 4.69) is 35.9 Å². The van der Waals surface area contributed by atoms with Crippen LogP contribution >= 0.6 is 11.8 Å². The van der Waals surface area contributed by atoms with Crippen LogP contribution in [0.25, 0.3) is 0 Å². The number of imidazole rings is 2. The van der Waals surface area contributed by atoms with Crippen molar-refractivity contribution in [1.82, 2.24) is 35.9 Å². The lowest BCUT2D eigenvalue weighted by molar-refractivity contribution is -0.143. The predicted molar refractivity (Wildman–Crippen MR) is 134 cm³/mol. The fourth-order valence-corrected chi connectivity index (χ4v) is 3.84. The molecule has 2 aromatic rings. The molecule has 13 nitrogen and oxygen atoms in total. The molecule has 2 rings (SSSR count). The fraction of sp³-hybridized carbons (Fsp3) is 0.545. The number of aromatic amines is 2. The number of nitrogens with one attached hydrogen (secondary N) is 5. The normalized spacial score (nSPS) is 14.5. The summed E-state index contributed by atoms with van der Waals surface area (Å²) < 4.78 is 0. The van der Waals surface area contributed by atoms with E-state index in [1.165, 1.54) is 25.0 Å². The second-order valence-corrected chi connectivity index (χ2v) is 9.63.